The number of nitrogens with zero attached hydrogens (tertiary/aromatic N) is 3. The van der Waals surface area contributed by atoms with Crippen molar-refractivity contribution in [2.24, 2.45) is 0 Å². The molecule has 2 aromatic rings. The maximum atomic E-state index is 13.1. The molecule has 7 heteroatoms. The van der Waals surface area contributed by atoms with E-state index in [1.54, 1.807) is 4.68 Å². The van der Waals surface area contributed by atoms with Gasteiger partial charge in [-0.05, 0) is 38.2 Å². The number of aliphatic hydroxyl groups is 1. The van der Waals surface area contributed by atoms with Gasteiger partial charge >= 0.3 is 0 Å². The lowest BCUT2D eigenvalue weighted by atomic mass is 9.96. The summed E-state index contributed by atoms with van der Waals surface area (Å²) in [6.07, 6.45) is 7.73. The largest absolute Gasteiger partial charge is 0.394 e. The highest BCUT2D eigenvalue weighted by Crippen LogP contribution is 2.26. The smallest absolute Gasteiger partial charge is 0.272 e. The van der Waals surface area contributed by atoms with E-state index in [1.165, 1.54) is 12.0 Å². The van der Waals surface area contributed by atoms with Crippen LogP contribution >= 0.6 is 0 Å². The molecule has 1 aliphatic carbocycles. The van der Waals surface area contributed by atoms with Gasteiger partial charge in [0.25, 0.3) is 5.91 Å². The second-order valence-electron chi connectivity index (χ2n) is 8.68. The Morgan fingerprint density at radius 2 is 2.00 bits per heavy atom. The van der Waals surface area contributed by atoms with E-state index in [0.717, 1.165) is 36.1 Å². The van der Waals surface area contributed by atoms with Crippen molar-refractivity contribution in [2.75, 3.05) is 13.2 Å². The number of hydrogen-bond acceptors (Lipinski definition) is 4. The summed E-state index contributed by atoms with van der Waals surface area (Å²) in [5.41, 5.74) is 4.34. The van der Waals surface area contributed by atoms with Crippen molar-refractivity contribution in [2.45, 2.75) is 64.6 Å². The number of fused-ring (bicyclic) bond motifs is 1. The van der Waals surface area contributed by atoms with Crippen LogP contribution in [0.2, 0.25) is 0 Å². The summed E-state index contributed by atoms with van der Waals surface area (Å²) in [5, 5.41) is 17.0. The summed E-state index contributed by atoms with van der Waals surface area (Å²) in [7, 11) is 0. The Bertz CT molecular complexity index is 996. The van der Waals surface area contributed by atoms with E-state index in [2.05, 4.69) is 16.5 Å². The van der Waals surface area contributed by atoms with Crippen LogP contribution in [0.3, 0.4) is 0 Å². The molecule has 1 aromatic heterocycles. The molecular formula is C25H32N4O3. The zero-order valence-electron chi connectivity index (χ0n) is 18.7. The van der Waals surface area contributed by atoms with Gasteiger partial charge in [0, 0.05) is 37.2 Å². The van der Waals surface area contributed by atoms with Crippen molar-refractivity contribution in [1.29, 1.82) is 0 Å². The second-order valence-corrected chi connectivity index (χ2v) is 8.68. The lowest BCUT2D eigenvalue weighted by molar-refractivity contribution is -0.131. The van der Waals surface area contributed by atoms with Gasteiger partial charge in [-0.25, -0.2) is 0 Å². The number of aromatic nitrogens is 2. The van der Waals surface area contributed by atoms with Gasteiger partial charge in [-0.3, -0.25) is 14.3 Å². The molecule has 0 saturated carbocycles. The van der Waals surface area contributed by atoms with Gasteiger partial charge in [0.2, 0.25) is 5.91 Å². The molecule has 2 N–H and O–H groups in total. The number of hydrogen-bond donors (Lipinski definition) is 2. The molecule has 1 aromatic carbocycles. The van der Waals surface area contributed by atoms with Crippen molar-refractivity contribution in [3.63, 3.8) is 0 Å². The van der Waals surface area contributed by atoms with Gasteiger partial charge in [0.05, 0.1) is 19.2 Å². The number of amides is 2. The number of carbonyl (C=O) groups is 2. The van der Waals surface area contributed by atoms with E-state index in [4.69, 9.17) is 0 Å². The van der Waals surface area contributed by atoms with E-state index >= 15 is 0 Å². The molecule has 2 amide bonds. The summed E-state index contributed by atoms with van der Waals surface area (Å²) >= 11 is 0. The first-order valence-electron chi connectivity index (χ1n) is 11.6. The van der Waals surface area contributed by atoms with Crippen LogP contribution in [0.5, 0.6) is 0 Å². The zero-order valence-corrected chi connectivity index (χ0v) is 18.7. The molecule has 4 rings (SSSR count). The summed E-state index contributed by atoms with van der Waals surface area (Å²) in [6, 6.07) is 9.63. The van der Waals surface area contributed by atoms with E-state index < -0.39 is 0 Å². The fraction of sp³-hybridized carbons (Fsp3) is 0.480. The molecule has 32 heavy (non-hydrogen) atoms. The molecule has 1 unspecified atom stereocenters. The van der Waals surface area contributed by atoms with Crippen molar-refractivity contribution in [1.82, 2.24) is 20.0 Å². The molecule has 0 radical (unpaired) electrons. The van der Waals surface area contributed by atoms with Gasteiger partial charge in [0.1, 0.15) is 0 Å². The Morgan fingerprint density at radius 3 is 2.72 bits per heavy atom. The van der Waals surface area contributed by atoms with Crippen molar-refractivity contribution >= 4 is 11.8 Å². The highest BCUT2D eigenvalue weighted by atomic mass is 16.3. The third-order valence-corrected chi connectivity index (χ3v) is 6.42. The SMILES string of the molecule is CC(NC(=O)c1nn(CCO)c2c1CN(C(=O)CC1=CCCCC1)CC2)c1ccccc1. The fourth-order valence-electron chi connectivity index (χ4n) is 4.63. The van der Waals surface area contributed by atoms with Crippen LogP contribution in [-0.2, 0) is 24.3 Å². The molecule has 1 aliphatic heterocycles. The molecule has 170 valence electrons. The van der Waals surface area contributed by atoms with Crippen molar-refractivity contribution < 1.29 is 14.7 Å². The van der Waals surface area contributed by atoms with Crippen LogP contribution in [-0.4, -0.2) is 44.8 Å². The minimum absolute atomic E-state index is 0.0492. The lowest BCUT2D eigenvalue weighted by Gasteiger charge is -2.28. The Hall–Kier alpha value is -2.93. The van der Waals surface area contributed by atoms with Crippen molar-refractivity contribution in [3.05, 3.63) is 64.5 Å². The van der Waals surface area contributed by atoms with Gasteiger partial charge in [0.15, 0.2) is 5.69 Å². The first kappa shape index (κ1) is 22.3. The monoisotopic (exact) mass is 436 g/mol. The van der Waals surface area contributed by atoms with Crippen LogP contribution in [0.15, 0.2) is 42.0 Å². The summed E-state index contributed by atoms with van der Waals surface area (Å²) in [6.45, 7) is 3.22. The lowest BCUT2D eigenvalue weighted by Crippen LogP contribution is -2.37. The topological polar surface area (TPSA) is 87.5 Å². The standard InChI is InChI=1S/C25H32N4O3/c1-18(20-10-6-3-7-11-20)26-25(32)24-21-17-28(13-12-22(21)29(27-24)14-15-30)23(31)16-19-8-4-2-5-9-19/h3,6-8,10-11,18,30H,2,4-5,9,12-17H2,1H3,(H,26,32). The van der Waals surface area contributed by atoms with Crippen LogP contribution in [0.25, 0.3) is 0 Å². The molecule has 0 spiro atoms. The van der Waals surface area contributed by atoms with Gasteiger partial charge in [-0.1, -0.05) is 42.0 Å². The number of carbonyl (C=O) groups excluding carboxylic acids is 2. The quantitative estimate of drug-likeness (QED) is 0.653. The number of aliphatic hydroxyl groups excluding tert-OH is 1. The van der Waals surface area contributed by atoms with Gasteiger partial charge in [-0.2, -0.15) is 5.10 Å². The fourth-order valence-corrected chi connectivity index (χ4v) is 4.63. The molecule has 0 bridgehead atoms. The Morgan fingerprint density at radius 1 is 1.19 bits per heavy atom. The Kier molecular flexibility index (Phi) is 7.05. The van der Waals surface area contributed by atoms with Crippen molar-refractivity contribution in [3.8, 4) is 0 Å². The summed E-state index contributed by atoms with van der Waals surface area (Å²) in [5.74, 6) is -0.138. The number of nitrogens with one attached hydrogen (secondary N) is 1. The molecule has 7 nitrogen and oxygen atoms in total. The van der Waals surface area contributed by atoms with Crippen LogP contribution in [0.4, 0.5) is 0 Å². The minimum Gasteiger partial charge on any atom is -0.394 e. The van der Waals surface area contributed by atoms with E-state index in [1.807, 2.05) is 42.2 Å². The molecule has 0 saturated heterocycles. The molecule has 2 aliphatic rings. The third kappa shape index (κ3) is 4.93. The average Bonchev–Trinajstić information content (AvgIpc) is 3.18. The first-order chi connectivity index (χ1) is 15.6. The molecule has 2 heterocycles. The highest BCUT2D eigenvalue weighted by molar-refractivity contribution is 5.94. The van der Waals surface area contributed by atoms with E-state index in [9.17, 15) is 14.7 Å². The van der Waals surface area contributed by atoms with Gasteiger partial charge in [-0.15, -0.1) is 0 Å². The molecule has 0 fully saturated rings. The van der Waals surface area contributed by atoms with Crippen LogP contribution < -0.4 is 5.32 Å². The molecule has 1 atom stereocenters. The highest BCUT2D eigenvalue weighted by Gasteiger charge is 2.30. The average molecular weight is 437 g/mol. The van der Waals surface area contributed by atoms with Crippen LogP contribution in [0, 0.1) is 0 Å². The van der Waals surface area contributed by atoms with Crippen LogP contribution in [0.1, 0.15) is 72.4 Å². The normalized spacial score (nSPS) is 16.8. The predicted octanol–water partition coefficient (Wildman–Crippen LogP) is 3.14. The summed E-state index contributed by atoms with van der Waals surface area (Å²) in [4.78, 5) is 28.0. The third-order valence-electron chi connectivity index (χ3n) is 6.42. The second kappa shape index (κ2) is 10.1. The van der Waals surface area contributed by atoms with E-state index in [0.29, 0.717) is 38.2 Å². The number of rotatable bonds is 7. The number of benzene rings is 1. The minimum atomic E-state index is -0.251. The first-order valence-corrected chi connectivity index (χ1v) is 11.6. The zero-order chi connectivity index (χ0) is 22.5. The van der Waals surface area contributed by atoms with Gasteiger partial charge < -0.3 is 15.3 Å². The molecular weight excluding hydrogens is 404 g/mol. The maximum Gasteiger partial charge on any atom is 0.272 e. The Balaban J connectivity index is 1.52. The predicted molar refractivity (Wildman–Crippen MR) is 122 cm³/mol. The Labute approximate surface area is 189 Å². The summed E-state index contributed by atoms with van der Waals surface area (Å²) < 4.78 is 1.73. The van der Waals surface area contributed by atoms with E-state index in [-0.39, 0.29) is 24.5 Å². The number of allylic oxidation sites excluding steroid dienone is 1. The maximum absolute atomic E-state index is 13.1.